The van der Waals surface area contributed by atoms with Crippen LogP contribution in [0.5, 0.6) is 5.75 Å². The zero-order valence-electron chi connectivity index (χ0n) is 14.4. The van der Waals surface area contributed by atoms with Crippen molar-refractivity contribution in [3.8, 4) is 5.75 Å². The van der Waals surface area contributed by atoms with Gasteiger partial charge in [0.25, 0.3) is 0 Å². The van der Waals surface area contributed by atoms with Crippen LogP contribution in [0, 0.1) is 0 Å². The van der Waals surface area contributed by atoms with Crippen molar-refractivity contribution in [1.29, 1.82) is 0 Å². The van der Waals surface area contributed by atoms with Crippen molar-refractivity contribution in [3.63, 3.8) is 0 Å². The van der Waals surface area contributed by atoms with Crippen molar-refractivity contribution in [1.82, 2.24) is 10.6 Å². The van der Waals surface area contributed by atoms with Crippen LogP contribution < -0.4 is 20.5 Å². The molecule has 0 aliphatic heterocycles. The molecule has 0 saturated heterocycles. The highest BCUT2D eigenvalue weighted by Gasteiger charge is 2.14. The molecule has 0 aliphatic rings. The largest absolute Gasteiger partial charge is 0.434 e. The van der Waals surface area contributed by atoms with E-state index in [0.29, 0.717) is 11.1 Å². The third-order valence-corrected chi connectivity index (χ3v) is 4.57. The molecule has 0 aromatic heterocycles. The number of amides is 2. The molecule has 2 aromatic rings. The lowest BCUT2D eigenvalue weighted by Crippen LogP contribution is -2.36. The van der Waals surface area contributed by atoms with Gasteiger partial charge in [-0.15, -0.1) is 0 Å². The number of hydrogen-bond donors (Lipinski definition) is 3. The summed E-state index contributed by atoms with van der Waals surface area (Å²) in [6.45, 7) is -1.33. The van der Waals surface area contributed by atoms with Gasteiger partial charge in [-0.25, -0.2) is 18.4 Å². The zero-order valence-corrected chi connectivity index (χ0v) is 15.2. The first-order valence-electron chi connectivity index (χ1n) is 7.86. The maximum atomic E-state index is 12.4. The summed E-state index contributed by atoms with van der Waals surface area (Å²) in [5, 5.41) is 10.3. The molecule has 2 rings (SSSR count). The average Bonchev–Trinajstić information content (AvgIpc) is 2.60. The highest BCUT2D eigenvalue weighted by atomic mass is 32.2. The number of primary sulfonamides is 1. The van der Waals surface area contributed by atoms with Crippen LogP contribution in [0.2, 0.25) is 0 Å². The van der Waals surface area contributed by atoms with E-state index in [2.05, 4.69) is 15.4 Å². The lowest BCUT2D eigenvalue weighted by Gasteiger charge is -2.16. The molecular weight excluding hydrogens is 380 g/mol. The molecule has 4 N–H and O–H groups in total. The van der Waals surface area contributed by atoms with E-state index in [1.165, 1.54) is 24.3 Å². The fourth-order valence-corrected chi connectivity index (χ4v) is 2.90. The minimum absolute atomic E-state index is 0.0262. The van der Waals surface area contributed by atoms with Crippen LogP contribution in [-0.4, -0.2) is 21.1 Å². The molecule has 1 unspecified atom stereocenters. The molecule has 0 aliphatic carbocycles. The summed E-state index contributed by atoms with van der Waals surface area (Å²) >= 11 is 0. The van der Waals surface area contributed by atoms with E-state index < -0.39 is 28.7 Å². The number of alkyl halides is 2. The fraction of sp³-hybridized carbons (Fsp3) is 0.235. The topological polar surface area (TPSA) is 111 Å². The van der Waals surface area contributed by atoms with Gasteiger partial charge in [0.1, 0.15) is 5.75 Å². The summed E-state index contributed by atoms with van der Waals surface area (Å²) < 4.78 is 52.0. The van der Waals surface area contributed by atoms with E-state index in [9.17, 15) is 22.0 Å². The molecule has 10 heteroatoms. The molecule has 1 atom stereocenters. The fourth-order valence-electron chi connectivity index (χ4n) is 2.33. The summed E-state index contributed by atoms with van der Waals surface area (Å²) in [6, 6.07) is 10.9. The van der Waals surface area contributed by atoms with Crippen LogP contribution in [0.4, 0.5) is 13.6 Å². The van der Waals surface area contributed by atoms with E-state index in [0.717, 1.165) is 0 Å². The minimum Gasteiger partial charge on any atom is -0.434 e. The molecule has 2 amide bonds. The second kappa shape index (κ2) is 8.78. The number of hydrogen-bond acceptors (Lipinski definition) is 4. The van der Waals surface area contributed by atoms with Crippen molar-refractivity contribution in [2.24, 2.45) is 5.14 Å². The standard InChI is InChI=1S/C17H19F2N3O4S/c1-11(12-6-4-7-14(9-12)27(20,24)25)22-17(23)21-10-13-5-2-3-8-15(13)26-16(18)19/h2-9,11,16H,10H2,1H3,(H2,20,24,25)(H2,21,22,23). The van der Waals surface area contributed by atoms with Gasteiger partial charge in [0, 0.05) is 12.1 Å². The third-order valence-electron chi connectivity index (χ3n) is 3.66. The smallest absolute Gasteiger partial charge is 0.387 e. The van der Waals surface area contributed by atoms with Gasteiger partial charge in [-0.05, 0) is 30.7 Å². The second-order valence-electron chi connectivity index (χ2n) is 5.65. The Morgan fingerprint density at radius 1 is 1.19 bits per heavy atom. The van der Waals surface area contributed by atoms with Crippen LogP contribution in [0.3, 0.4) is 0 Å². The number of sulfonamides is 1. The van der Waals surface area contributed by atoms with E-state index in [4.69, 9.17) is 5.14 Å². The van der Waals surface area contributed by atoms with Crippen molar-refractivity contribution >= 4 is 16.1 Å². The average molecular weight is 399 g/mol. The van der Waals surface area contributed by atoms with Crippen LogP contribution in [-0.2, 0) is 16.6 Å². The summed E-state index contributed by atoms with van der Waals surface area (Å²) in [6.07, 6.45) is 0. The number of halogens is 2. The zero-order chi connectivity index (χ0) is 20.0. The lowest BCUT2D eigenvalue weighted by atomic mass is 10.1. The van der Waals surface area contributed by atoms with Crippen LogP contribution >= 0.6 is 0 Å². The summed E-state index contributed by atoms with van der Waals surface area (Å²) in [5.74, 6) is -0.0262. The molecule has 0 radical (unpaired) electrons. The molecule has 2 aromatic carbocycles. The maximum Gasteiger partial charge on any atom is 0.387 e. The predicted molar refractivity (Wildman–Crippen MR) is 94.7 cm³/mol. The number of benzene rings is 2. The van der Waals surface area contributed by atoms with Crippen molar-refractivity contribution < 1.29 is 26.7 Å². The Labute approximate surface area is 155 Å². The van der Waals surface area contributed by atoms with Crippen molar-refractivity contribution in [2.45, 2.75) is 31.0 Å². The Hall–Kier alpha value is -2.72. The van der Waals surface area contributed by atoms with E-state index in [1.807, 2.05) is 0 Å². The molecule has 0 saturated carbocycles. The normalized spacial score (nSPS) is 12.5. The molecule has 0 bridgehead atoms. The first kappa shape index (κ1) is 20.6. The Balaban J connectivity index is 1.98. The first-order valence-corrected chi connectivity index (χ1v) is 9.41. The van der Waals surface area contributed by atoms with Crippen molar-refractivity contribution in [2.75, 3.05) is 0 Å². The summed E-state index contributed by atoms with van der Waals surface area (Å²) in [7, 11) is -3.85. The number of carbonyl (C=O) groups excluding carboxylic acids is 1. The summed E-state index contributed by atoms with van der Waals surface area (Å²) in [5.41, 5.74) is 0.926. The molecule has 0 heterocycles. The number of nitrogens with two attached hydrogens (primary N) is 1. The van der Waals surface area contributed by atoms with Crippen LogP contribution in [0.25, 0.3) is 0 Å². The number of ether oxygens (including phenoxy) is 1. The van der Waals surface area contributed by atoms with Gasteiger partial charge in [-0.2, -0.15) is 8.78 Å². The SMILES string of the molecule is CC(NC(=O)NCc1ccccc1OC(F)F)c1cccc(S(N)(=O)=O)c1. The van der Waals surface area contributed by atoms with E-state index in [-0.39, 0.29) is 17.2 Å². The molecular formula is C17H19F2N3O4S. The number of urea groups is 1. The first-order chi connectivity index (χ1) is 12.7. The van der Waals surface area contributed by atoms with Gasteiger partial charge >= 0.3 is 12.6 Å². The van der Waals surface area contributed by atoms with Crippen molar-refractivity contribution in [3.05, 3.63) is 59.7 Å². The summed E-state index contributed by atoms with van der Waals surface area (Å²) in [4.78, 5) is 12.0. The Bertz CT molecular complexity index is 907. The molecule has 0 fully saturated rings. The van der Waals surface area contributed by atoms with Gasteiger partial charge < -0.3 is 15.4 Å². The van der Waals surface area contributed by atoms with Gasteiger partial charge in [-0.1, -0.05) is 30.3 Å². The van der Waals surface area contributed by atoms with Gasteiger partial charge in [0.2, 0.25) is 10.0 Å². The molecule has 146 valence electrons. The highest BCUT2D eigenvalue weighted by Crippen LogP contribution is 2.20. The quantitative estimate of drug-likeness (QED) is 0.664. The second-order valence-corrected chi connectivity index (χ2v) is 7.21. The molecule has 0 spiro atoms. The number of para-hydroxylation sites is 1. The maximum absolute atomic E-state index is 12.4. The Kier molecular flexibility index (Phi) is 6.70. The van der Waals surface area contributed by atoms with Gasteiger partial charge in [0.15, 0.2) is 0 Å². The van der Waals surface area contributed by atoms with Crippen LogP contribution in [0.15, 0.2) is 53.4 Å². The third kappa shape index (κ3) is 6.19. The molecule has 27 heavy (non-hydrogen) atoms. The predicted octanol–water partition coefficient (Wildman–Crippen LogP) is 2.50. The Morgan fingerprint density at radius 2 is 1.89 bits per heavy atom. The monoisotopic (exact) mass is 399 g/mol. The van der Waals surface area contributed by atoms with Crippen LogP contribution in [0.1, 0.15) is 24.1 Å². The van der Waals surface area contributed by atoms with E-state index in [1.54, 1.807) is 31.2 Å². The highest BCUT2D eigenvalue weighted by molar-refractivity contribution is 7.89. The Morgan fingerprint density at radius 3 is 2.56 bits per heavy atom. The lowest BCUT2D eigenvalue weighted by molar-refractivity contribution is -0.0504. The van der Waals surface area contributed by atoms with Gasteiger partial charge in [0.05, 0.1) is 10.9 Å². The molecule has 7 nitrogen and oxygen atoms in total. The number of nitrogens with one attached hydrogen (secondary N) is 2. The number of rotatable bonds is 7. The van der Waals surface area contributed by atoms with E-state index >= 15 is 0 Å². The minimum atomic E-state index is -3.85. The van der Waals surface area contributed by atoms with Gasteiger partial charge in [-0.3, -0.25) is 0 Å². The number of carbonyl (C=O) groups is 1.